The minimum Gasteiger partial charge on any atom is -0.206 e. The Morgan fingerprint density at radius 2 is 1.31 bits per heavy atom. The fraction of sp³-hybridized carbons (Fsp3) is 0.629. The van der Waals surface area contributed by atoms with Gasteiger partial charge in [0.1, 0.15) is 5.82 Å². The Labute approximate surface area is 233 Å². The number of hydrogen-bond acceptors (Lipinski definition) is 1. The zero-order valence-corrected chi connectivity index (χ0v) is 23.6. The maximum Gasteiger partial charge on any atom is 0.165 e. The quantitative estimate of drug-likeness (QED) is 0.308. The summed E-state index contributed by atoms with van der Waals surface area (Å²) in [7, 11) is 0. The summed E-state index contributed by atoms with van der Waals surface area (Å²) < 4.78 is 46.6. The van der Waals surface area contributed by atoms with Crippen molar-refractivity contribution in [1.29, 1.82) is 5.26 Å². The Hall–Kier alpha value is -2.28. The zero-order chi connectivity index (χ0) is 27.4. The van der Waals surface area contributed by atoms with Crippen LogP contribution in [-0.2, 0) is 12.8 Å². The number of fused-ring (bicyclic) bond motifs is 1. The molecule has 3 aliphatic rings. The van der Waals surface area contributed by atoms with Crippen LogP contribution in [0.5, 0.6) is 0 Å². The summed E-state index contributed by atoms with van der Waals surface area (Å²) in [4.78, 5) is 0. The molecule has 39 heavy (non-hydrogen) atoms. The van der Waals surface area contributed by atoms with E-state index in [0.29, 0.717) is 54.2 Å². The highest BCUT2D eigenvalue weighted by Crippen LogP contribution is 2.45. The SMILES string of the molecule is CCCCC1CCC(CCC2CCc3c(F)c(C4CCC(c5ccc(C#N)cc5)CC4)c(F)c(F)c3C2)CC1. The number of nitriles is 1. The highest BCUT2D eigenvalue weighted by molar-refractivity contribution is 5.41. The van der Waals surface area contributed by atoms with Gasteiger partial charge in [-0.05, 0) is 110 Å². The van der Waals surface area contributed by atoms with Crippen molar-refractivity contribution in [1.82, 2.24) is 0 Å². The van der Waals surface area contributed by atoms with Crippen LogP contribution in [0.2, 0.25) is 0 Å². The minimum absolute atomic E-state index is 0.00260. The van der Waals surface area contributed by atoms with E-state index in [-0.39, 0.29) is 11.5 Å². The molecule has 0 spiro atoms. The second kappa shape index (κ2) is 12.9. The molecule has 2 saturated carbocycles. The maximum absolute atomic E-state index is 15.8. The van der Waals surface area contributed by atoms with Crippen LogP contribution in [-0.4, -0.2) is 0 Å². The molecule has 0 N–H and O–H groups in total. The number of unbranched alkanes of at least 4 members (excludes halogenated alkanes) is 1. The van der Waals surface area contributed by atoms with E-state index in [4.69, 9.17) is 5.26 Å². The number of benzene rings is 2. The van der Waals surface area contributed by atoms with E-state index in [9.17, 15) is 0 Å². The van der Waals surface area contributed by atoms with E-state index in [1.54, 1.807) is 0 Å². The van der Waals surface area contributed by atoms with E-state index < -0.39 is 17.5 Å². The van der Waals surface area contributed by atoms with Gasteiger partial charge in [-0.25, -0.2) is 13.2 Å². The molecule has 0 aromatic heterocycles. The molecule has 210 valence electrons. The largest absolute Gasteiger partial charge is 0.206 e. The Bertz CT molecular complexity index is 1150. The van der Waals surface area contributed by atoms with Crippen LogP contribution in [0.4, 0.5) is 13.2 Å². The van der Waals surface area contributed by atoms with Crippen LogP contribution in [0.3, 0.4) is 0 Å². The fourth-order valence-corrected chi connectivity index (χ4v) is 7.91. The van der Waals surface area contributed by atoms with Crippen molar-refractivity contribution in [3.8, 4) is 6.07 Å². The minimum atomic E-state index is -0.931. The molecule has 0 amide bonds. The summed E-state index contributed by atoms with van der Waals surface area (Å²) in [6, 6.07) is 9.76. The van der Waals surface area contributed by atoms with E-state index in [1.807, 2.05) is 24.3 Å². The van der Waals surface area contributed by atoms with Crippen molar-refractivity contribution < 1.29 is 13.2 Å². The Morgan fingerprint density at radius 3 is 1.95 bits per heavy atom. The third kappa shape index (κ3) is 6.39. The Morgan fingerprint density at radius 1 is 0.692 bits per heavy atom. The van der Waals surface area contributed by atoms with Crippen LogP contribution < -0.4 is 0 Å². The van der Waals surface area contributed by atoms with Gasteiger partial charge < -0.3 is 0 Å². The molecule has 1 atom stereocenters. The van der Waals surface area contributed by atoms with Gasteiger partial charge in [0.2, 0.25) is 0 Å². The third-order valence-electron chi connectivity index (χ3n) is 10.4. The summed E-state index contributed by atoms with van der Waals surface area (Å²) in [5.74, 6) is -0.130. The molecule has 0 heterocycles. The standard InChI is InChI=1S/C35H44F3N/c1-2-3-4-23-5-7-24(8-6-23)9-10-25-13-20-30-31(21-25)34(37)35(38)32(33(30)36)29-18-16-28(17-19-29)27-14-11-26(22-39)12-15-27/h11-12,14-15,23-25,28-29H,2-10,13,16-21H2,1H3. The lowest BCUT2D eigenvalue weighted by atomic mass is 9.73. The topological polar surface area (TPSA) is 23.8 Å². The number of halogens is 3. The molecule has 0 saturated heterocycles. The van der Waals surface area contributed by atoms with Crippen molar-refractivity contribution in [3.05, 3.63) is 69.5 Å². The van der Waals surface area contributed by atoms with E-state index >= 15 is 13.2 Å². The summed E-state index contributed by atoms with van der Waals surface area (Å²) in [5, 5.41) is 9.03. The molecule has 2 fully saturated rings. The molecule has 0 radical (unpaired) electrons. The molecular weight excluding hydrogens is 491 g/mol. The molecule has 4 heteroatoms. The Balaban J connectivity index is 1.19. The molecule has 1 unspecified atom stereocenters. The molecule has 0 bridgehead atoms. The molecule has 1 nitrogen and oxygen atoms in total. The number of nitrogens with zero attached hydrogens (tertiary/aromatic N) is 1. The maximum atomic E-state index is 15.8. The van der Waals surface area contributed by atoms with Crippen molar-refractivity contribution in [2.75, 3.05) is 0 Å². The van der Waals surface area contributed by atoms with Crippen molar-refractivity contribution in [3.63, 3.8) is 0 Å². The average Bonchev–Trinajstić information content (AvgIpc) is 2.99. The van der Waals surface area contributed by atoms with Gasteiger partial charge >= 0.3 is 0 Å². The lowest BCUT2D eigenvalue weighted by Crippen LogP contribution is -2.23. The van der Waals surface area contributed by atoms with Gasteiger partial charge in [-0.2, -0.15) is 5.26 Å². The van der Waals surface area contributed by atoms with Gasteiger partial charge in [0, 0.05) is 5.56 Å². The van der Waals surface area contributed by atoms with Gasteiger partial charge in [-0.3, -0.25) is 0 Å². The summed E-state index contributed by atoms with van der Waals surface area (Å²) in [5.41, 5.74) is 2.57. The van der Waals surface area contributed by atoms with E-state index in [0.717, 1.165) is 37.5 Å². The second-order valence-corrected chi connectivity index (χ2v) is 12.8. The fourth-order valence-electron chi connectivity index (χ4n) is 7.91. The number of hydrogen-bond donors (Lipinski definition) is 0. The van der Waals surface area contributed by atoms with E-state index in [1.165, 1.54) is 56.9 Å². The normalized spacial score (nSPS) is 27.1. The van der Waals surface area contributed by atoms with E-state index in [2.05, 4.69) is 13.0 Å². The van der Waals surface area contributed by atoms with Crippen LogP contribution in [0, 0.1) is 46.5 Å². The van der Waals surface area contributed by atoms with Crippen molar-refractivity contribution in [2.24, 2.45) is 17.8 Å². The first kappa shape index (κ1) is 28.3. The highest BCUT2D eigenvalue weighted by Gasteiger charge is 2.35. The lowest BCUT2D eigenvalue weighted by molar-refractivity contribution is 0.233. The number of rotatable bonds is 8. The summed E-state index contributed by atoms with van der Waals surface area (Å²) >= 11 is 0. The van der Waals surface area contributed by atoms with Gasteiger partial charge in [0.15, 0.2) is 11.6 Å². The summed E-state index contributed by atoms with van der Waals surface area (Å²) in [6.45, 7) is 2.26. The molecular formula is C35H44F3N. The van der Waals surface area contributed by atoms with Crippen LogP contribution in [0.1, 0.15) is 136 Å². The molecule has 2 aromatic rings. The zero-order valence-electron chi connectivity index (χ0n) is 23.6. The van der Waals surface area contributed by atoms with Gasteiger partial charge in [0.25, 0.3) is 0 Å². The molecule has 0 aliphatic heterocycles. The predicted octanol–water partition coefficient (Wildman–Crippen LogP) is 10.3. The predicted molar refractivity (Wildman–Crippen MR) is 151 cm³/mol. The monoisotopic (exact) mass is 535 g/mol. The molecule has 2 aromatic carbocycles. The first-order chi connectivity index (χ1) is 19.0. The molecule has 5 rings (SSSR count). The van der Waals surface area contributed by atoms with Crippen molar-refractivity contribution >= 4 is 0 Å². The van der Waals surface area contributed by atoms with Gasteiger partial charge in [0.05, 0.1) is 11.6 Å². The first-order valence-corrected chi connectivity index (χ1v) is 15.7. The van der Waals surface area contributed by atoms with Crippen molar-refractivity contribution in [2.45, 2.75) is 121 Å². The summed E-state index contributed by atoms with van der Waals surface area (Å²) in [6.07, 6.45) is 16.4. The third-order valence-corrected chi connectivity index (χ3v) is 10.4. The molecule has 3 aliphatic carbocycles. The average molecular weight is 536 g/mol. The highest BCUT2D eigenvalue weighted by atomic mass is 19.2. The second-order valence-electron chi connectivity index (χ2n) is 12.8. The Kier molecular flexibility index (Phi) is 9.36. The smallest absolute Gasteiger partial charge is 0.165 e. The van der Waals surface area contributed by atoms with Gasteiger partial charge in [-0.15, -0.1) is 0 Å². The van der Waals surface area contributed by atoms with Crippen LogP contribution in [0.15, 0.2) is 24.3 Å². The van der Waals surface area contributed by atoms with Crippen LogP contribution >= 0.6 is 0 Å². The lowest BCUT2D eigenvalue weighted by Gasteiger charge is -2.33. The van der Waals surface area contributed by atoms with Gasteiger partial charge in [-0.1, -0.05) is 70.4 Å². The van der Waals surface area contributed by atoms with Crippen LogP contribution in [0.25, 0.3) is 0 Å². The first-order valence-electron chi connectivity index (χ1n) is 15.7.